The lowest BCUT2D eigenvalue weighted by atomic mass is 10.3. The van der Waals surface area contributed by atoms with Gasteiger partial charge in [0, 0.05) is 11.4 Å². The largest absolute Gasteiger partial charge is 0.223 e. The average Bonchev–Trinajstić information content (AvgIpc) is 3.01. The molecule has 0 aliphatic rings. The number of thiophene rings is 1. The number of sulfone groups is 1. The number of hydrogen-bond donors (Lipinski definition) is 1. The molecular formula is C14H16FNO4S3. The molecule has 1 heterocycles. The van der Waals surface area contributed by atoms with Crippen molar-refractivity contribution in [3.63, 3.8) is 0 Å². The normalized spacial score (nSPS) is 13.8. The van der Waals surface area contributed by atoms with Gasteiger partial charge in [0.1, 0.15) is 11.1 Å². The van der Waals surface area contributed by atoms with Gasteiger partial charge in [0.15, 0.2) is 9.84 Å². The van der Waals surface area contributed by atoms with Gasteiger partial charge in [-0.2, -0.15) is 0 Å². The predicted molar refractivity (Wildman–Crippen MR) is 88.1 cm³/mol. The van der Waals surface area contributed by atoms with Crippen LogP contribution in [0.15, 0.2) is 46.7 Å². The van der Waals surface area contributed by atoms with E-state index in [0.717, 1.165) is 12.1 Å². The highest BCUT2D eigenvalue weighted by atomic mass is 32.2. The third-order valence-corrected chi connectivity index (χ3v) is 7.85. The summed E-state index contributed by atoms with van der Waals surface area (Å²) in [4.78, 5) is 0.473. The van der Waals surface area contributed by atoms with Crippen molar-refractivity contribution in [1.82, 2.24) is 4.72 Å². The van der Waals surface area contributed by atoms with E-state index in [9.17, 15) is 21.2 Å². The van der Waals surface area contributed by atoms with Crippen molar-refractivity contribution in [3.8, 4) is 0 Å². The Morgan fingerprint density at radius 3 is 2.30 bits per heavy atom. The highest BCUT2D eigenvalue weighted by Gasteiger charge is 2.31. The van der Waals surface area contributed by atoms with E-state index in [4.69, 9.17) is 0 Å². The number of sulfonamides is 1. The van der Waals surface area contributed by atoms with Crippen LogP contribution in [0.2, 0.25) is 0 Å². The zero-order chi connectivity index (χ0) is 17.1. The van der Waals surface area contributed by atoms with Crippen LogP contribution < -0.4 is 4.72 Å². The van der Waals surface area contributed by atoms with Crippen LogP contribution in [-0.2, 0) is 19.9 Å². The fourth-order valence-electron chi connectivity index (χ4n) is 1.93. The van der Waals surface area contributed by atoms with Gasteiger partial charge in [-0.05, 0) is 42.6 Å². The Kier molecular flexibility index (Phi) is 5.56. The average molecular weight is 377 g/mol. The lowest BCUT2D eigenvalue weighted by Gasteiger charge is -2.17. The monoisotopic (exact) mass is 377 g/mol. The van der Waals surface area contributed by atoms with E-state index in [1.54, 1.807) is 17.5 Å². The summed E-state index contributed by atoms with van der Waals surface area (Å²) in [6.45, 7) is 1.20. The lowest BCUT2D eigenvalue weighted by molar-refractivity contribution is 0.570. The zero-order valence-corrected chi connectivity index (χ0v) is 14.7. The Hall–Kier alpha value is -1.29. The Balaban J connectivity index is 2.39. The Morgan fingerprint density at radius 1 is 1.13 bits per heavy atom. The van der Waals surface area contributed by atoms with Crippen LogP contribution >= 0.6 is 11.3 Å². The second-order valence-electron chi connectivity index (χ2n) is 4.75. The van der Waals surface area contributed by atoms with E-state index in [1.165, 1.54) is 30.4 Å². The molecule has 5 nitrogen and oxygen atoms in total. The molecule has 0 bridgehead atoms. The van der Waals surface area contributed by atoms with Crippen molar-refractivity contribution in [2.75, 3.05) is 12.3 Å². The van der Waals surface area contributed by atoms with Crippen molar-refractivity contribution in [1.29, 1.82) is 0 Å². The predicted octanol–water partition coefficient (Wildman–Crippen LogP) is 2.34. The molecule has 1 aromatic heterocycles. The standard InChI is InChI=1S/C14H16FNO4S3/c1-2-22(17,18)16-10-14(13-4-3-9-21-13)23(19,20)12-7-5-11(15)6-8-12/h3-9,14,16H,2,10H2,1H3. The van der Waals surface area contributed by atoms with Gasteiger partial charge in [0.25, 0.3) is 0 Å². The Bertz CT molecular complexity index is 844. The maximum Gasteiger partial charge on any atom is 0.211 e. The van der Waals surface area contributed by atoms with E-state index in [2.05, 4.69) is 4.72 Å². The number of hydrogen-bond acceptors (Lipinski definition) is 5. The summed E-state index contributed by atoms with van der Waals surface area (Å²) in [5.74, 6) is -0.677. The van der Waals surface area contributed by atoms with Gasteiger partial charge in [-0.1, -0.05) is 6.07 Å². The molecular weight excluding hydrogens is 361 g/mol. The number of rotatable bonds is 7. The highest BCUT2D eigenvalue weighted by Crippen LogP contribution is 2.31. The molecule has 0 spiro atoms. The van der Waals surface area contributed by atoms with Crippen molar-refractivity contribution in [3.05, 3.63) is 52.5 Å². The molecule has 126 valence electrons. The lowest BCUT2D eigenvalue weighted by Crippen LogP contribution is -2.32. The molecule has 1 atom stereocenters. The molecule has 0 aliphatic carbocycles. The summed E-state index contributed by atoms with van der Waals surface area (Å²) in [5, 5.41) is 0.658. The van der Waals surface area contributed by atoms with Crippen molar-refractivity contribution >= 4 is 31.2 Å². The topological polar surface area (TPSA) is 80.3 Å². The van der Waals surface area contributed by atoms with Crippen LogP contribution in [0, 0.1) is 5.82 Å². The van der Waals surface area contributed by atoms with Crippen LogP contribution in [0.25, 0.3) is 0 Å². The Morgan fingerprint density at radius 2 is 1.78 bits per heavy atom. The number of halogens is 1. The van der Waals surface area contributed by atoms with Gasteiger partial charge in [-0.15, -0.1) is 11.3 Å². The quantitative estimate of drug-likeness (QED) is 0.751. The minimum Gasteiger partial charge on any atom is -0.223 e. The van der Waals surface area contributed by atoms with E-state index >= 15 is 0 Å². The van der Waals surface area contributed by atoms with Gasteiger partial charge in [0.2, 0.25) is 10.0 Å². The first kappa shape index (κ1) is 18.1. The van der Waals surface area contributed by atoms with Crippen molar-refractivity contribution in [2.24, 2.45) is 0 Å². The van der Waals surface area contributed by atoms with Gasteiger partial charge in [-0.25, -0.2) is 25.9 Å². The summed E-state index contributed by atoms with van der Waals surface area (Å²) >= 11 is 1.23. The fourth-order valence-corrected chi connectivity index (χ4v) is 5.45. The molecule has 0 amide bonds. The van der Waals surface area contributed by atoms with Gasteiger partial charge >= 0.3 is 0 Å². The summed E-state index contributed by atoms with van der Waals surface area (Å²) in [6, 6.07) is 7.82. The Labute approximate surface area is 139 Å². The molecule has 2 aromatic rings. The minimum absolute atomic E-state index is 0.0482. The summed E-state index contributed by atoms with van der Waals surface area (Å²) in [7, 11) is -7.38. The van der Waals surface area contributed by atoms with Crippen LogP contribution in [0.1, 0.15) is 17.1 Å². The molecule has 0 radical (unpaired) electrons. The van der Waals surface area contributed by atoms with Crippen molar-refractivity contribution in [2.45, 2.75) is 17.1 Å². The van der Waals surface area contributed by atoms with Gasteiger partial charge < -0.3 is 0 Å². The molecule has 0 fully saturated rings. The first-order valence-electron chi connectivity index (χ1n) is 6.76. The molecule has 1 N–H and O–H groups in total. The second kappa shape index (κ2) is 7.08. The first-order chi connectivity index (χ1) is 10.8. The zero-order valence-electron chi connectivity index (χ0n) is 12.3. The summed E-state index contributed by atoms with van der Waals surface area (Å²) in [6.07, 6.45) is 0. The summed E-state index contributed by atoms with van der Waals surface area (Å²) in [5.41, 5.74) is 0. The number of nitrogens with one attached hydrogen (secondary N) is 1. The van der Waals surface area contributed by atoms with Crippen LogP contribution in [0.3, 0.4) is 0 Å². The first-order valence-corrected chi connectivity index (χ1v) is 10.8. The SMILES string of the molecule is CCS(=O)(=O)NCC(c1cccs1)S(=O)(=O)c1ccc(F)cc1. The highest BCUT2D eigenvalue weighted by molar-refractivity contribution is 7.92. The fraction of sp³-hybridized carbons (Fsp3) is 0.286. The molecule has 0 aliphatic heterocycles. The third-order valence-electron chi connectivity index (χ3n) is 3.25. The molecule has 1 unspecified atom stereocenters. The maximum atomic E-state index is 13.0. The van der Waals surface area contributed by atoms with Gasteiger partial charge in [0.05, 0.1) is 10.6 Å². The van der Waals surface area contributed by atoms with Crippen molar-refractivity contribution < 1.29 is 21.2 Å². The molecule has 0 saturated carbocycles. The maximum absolute atomic E-state index is 13.0. The minimum atomic E-state index is -3.85. The van der Waals surface area contributed by atoms with E-state index in [0.29, 0.717) is 4.88 Å². The third kappa shape index (κ3) is 4.37. The smallest absolute Gasteiger partial charge is 0.211 e. The second-order valence-corrected chi connectivity index (χ2v) is 9.96. The molecule has 1 aromatic carbocycles. The van der Waals surface area contributed by atoms with Crippen LogP contribution in [0.4, 0.5) is 4.39 Å². The van der Waals surface area contributed by atoms with Crippen LogP contribution in [0.5, 0.6) is 0 Å². The molecule has 9 heteroatoms. The molecule has 2 rings (SSSR count). The van der Waals surface area contributed by atoms with Crippen LogP contribution in [-0.4, -0.2) is 29.1 Å². The summed E-state index contributed by atoms with van der Waals surface area (Å²) < 4.78 is 64.2. The van der Waals surface area contributed by atoms with E-state index in [-0.39, 0.29) is 17.2 Å². The number of benzene rings is 1. The van der Waals surface area contributed by atoms with E-state index < -0.39 is 30.9 Å². The molecule has 23 heavy (non-hydrogen) atoms. The van der Waals surface area contributed by atoms with Gasteiger partial charge in [-0.3, -0.25) is 0 Å². The van der Waals surface area contributed by atoms with E-state index in [1.807, 2.05) is 0 Å². The molecule has 0 saturated heterocycles.